The lowest BCUT2D eigenvalue weighted by Gasteiger charge is -2.30. The minimum Gasteiger partial charge on any atom is -0.358 e. The Hall–Kier alpha value is -2.15. The summed E-state index contributed by atoms with van der Waals surface area (Å²) >= 11 is 5.29. The number of hydrogen-bond donors (Lipinski definition) is 3. The fourth-order valence-electron chi connectivity index (χ4n) is 3.40. The minimum atomic E-state index is -0.167. The molecule has 7 heteroatoms. The Morgan fingerprint density at radius 1 is 1.28 bits per heavy atom. The second-order valence-electron chi connectivity index (χ2n) is 6.77. The number of aryl methyl sites for hydroxylation is 1. The summed E-state index contributed by atoms with van der Waals surface area (Å²) in [5.41, 5.74) is 7.38. The van der Waals surface area contributed by atoms with Gasteiger partial charge in [-0.15, -0.1) is 0 Å². The topological polar surface area (TPSA) is 71.0 Å². The molecule has 25 heavy (non-hydrogen) atoms. The quantitative estimate of drug-likeness (QED) is 0.579. The van der Waals surface area contributed by atoms with Gasteiger partial charge in [0.25, 0.3) is 0 Å². The van der Waals surface area contributed by atoms with Gasteiger partial charge in [0.15, 0.2) is 5.11 Å². The Balaban J connectivity index is 1.50. The van der Waals surface area contributed by atoms with Crippen LogP contribution >= 0.6 is 12.2 Å². The van der Waals surface area contributed by atoms with Crippen molar-refractivity contribution < 1.29 is 4.79 Å². The molecule has 1 fully saturated rings. The maximum atomic E-state index is 12.2. The largest absolute Gasteiger partial charge is 0.358 e. The maximum Gasteiger partial charge on any atom is 0.245 e. The van der Waals surface area contributed by atoms with Crippen molar-refractivity contribution in [3.8, 4) is 0 Å². The number of fused-ring (bicyclic) bond motifs is 1. The SMILES string of the molecule is CC1CCCCC1NC(=S)NNC(=O)Cc1nc2ccccc2n1C. The second kappa shape index (κ2) is 7.82. The minimum absolute atomic E-state index is 0.167. The molecular weight excluding hydrogens is 334 g/mol. The summed E-state index contributed by atoms with van der Waals surface area (Å²) in [6.07, 6.45) is 5.05. The predicted molar refractivity (Wildman–Crippen MR) is 103 cm³/mol. The molecule has 1 saturated carbocycles. The van der Waals surface area contributed by atoms with E-state index in [0.29, 0.717) is 17.1 Å². The number of rotatable bonds is 3. The second-order valence-corrected chi connectivity index (χ2v) is 7.18. The molecule has 1 aliphatic carbocycles. The Morgan fingerprint density at radius 2 is 2.04 bits per heavy atom. The van der Waals surface area contributed by atoms with Gasteiger partial charge in [0.2, 0.25) is 5.91 Å². The van der Waals surface area contributed by atoms with Crippen molar-refractivity contribution in [2.75, 3.05) is 0 Å². The van der Waals surface area contributed by atoms with Gasteiger partial charge in [-0.3, -0.25) is 15.6 Å². The normalized spacial score (nSPS) is 20.2. The molecule has 0 saturated heterocycles. The zero-order valence-electron chi connectivity index (χ0n) is 14.7. The van der Waals surface area contributed by atoms with Crippen LogP contribution in [0.3, 0.4) is 0 Å². The van der Waals surface area contributed by atoms with Crippen LogP contribution in [-0.2, 0) is 18.3 Å². The monoisotopic (exact) mass is 359 g/mol. The molecule has 2 unspecified atom stereocenters. The van der Waals surface area contributed by atoms with Crippen LogP contribution in [0.1, 0.15) is 38.4 Å². The molecule has 2 aromatic rings. The number of benzene rings is 1. The van der Waals surface area contributed by atoms with Crippen LogP contribution in [-0.4, -0.2) is 26.6 Å². The van der Waals surface area contributed by atoms with Gasteiger partial charge in [0, 0.05) is 13.1 Å². The van der Waals surface area contributed by atoms with Crippen LogP contribution in [0.5, 0.6) is 0 Å². The molecule has 0 spiro atoms. The highest BCUT2D eigenvalue weighted by Crippen LogP contribution is 2.23. The molecule has 1 heterocycles. The number of para-hydroxylation sites is 2. The average molecular weight is 359 g/mol. The Labute approximate surface area is 153 Å². The molecule has 1 aromatic heterocycles. The summed E-state index contributed by atoms with van der Waals surface area (Å²) < 4.78 is 1.94. The van der Waals surface area contributed by atoms with Gasteiger partial charge in [-0.1, -0.05) is 31.9 Å². The first-order valence-corrected chi connectivity index (χ1v) is 9.21. The highest BCUT2D eigenvalue weighted by Gasteiger charge is 2.21. The number of thiocarbonyl (C=S) groups is 1. The number of carbonyl (C=O) groups is 1. The van der Waals surface area contributed by atoms with Gasteiger partial charge >= 0.3 is 0 Å². The van der Waals surface area contributed by atoms with Gasteiger partial charge in [-0.05, 0) is 43.1 Å². The summed E-state index contributed by atoms with van der Waals surface area (Å²) in [6, 6.07) is 8.22. The predicted octanol–water partition coefficient (Wildman–Crippen LogP) is 2.19. The molecular formula is C18H25N5OS. The van der Waals surface area contributed by atoms with Crippen LogP contribution in [0.4, 0.5) is 0 Å². The van der Waals surface area contributed by atoms with E-state index in [1.54, 1.807) is 0 Å². The average Bonchev–Trinajstić information content (AvgIpc) is 2.91. The first-order chi connectivity index (χ1) is 12.0. The molecule has 2 atom stereocenters. The van der Waals surface area contributed by atoms with Crippen molar-refractivity contribution in [1.82, 2.24) is 25.7 Å². The summed E-state index contributed by atoms with van der Waals surface area (Å²) in [5.74, 6) is 1.16. The van der Waals surface area contributed by atoms with Crippen molar-refractivity contribution >= 4 is 34.3 Å². The third kappa shape index (κ3) is 4.28. The molecule has 1 aromatic carbocycles. The van der Waals surface area contributed by atoms with E-state index in [0.717, 1.165) is 23.3 Å². The zero-order valence-corrected chi connectivity index (χ0v) is 15.5. The molecule has 3 N–H and O–H groups in total. The Morgan fingerprint density at radius 3 is 2.80 bits per heavy atom. The van der Waals surface area contributed by atoms with Gasteiger partial charge in [-0.2, -0.15) is 0 Å². The lowest BCUT2D eigenvalue weighted by atomic mass is 9.86. The molecule has 3 rings (SSSR count). The van der Waals surface area contributed by atoms with Gasteiger partial charge < -0.3 is 9.88 Å². The zero-order chi connectivity index (χ0) is 17.8. The van der Waals surface area contributed by atoms with Crippen molar-refractivity contribution in [3.05, 3.63) is 30.1 Å². The standard InChI is InChI=1S/C18H25N5OS/c1-12-7-3-4-8-13(12)20-18(25)22-21-17(24)11-16-19-14-9-5-6-10-15(14)23(16)2/h5-6,9-10,12-13H,3-4,7-8,11H2,1-2H3,(H,21,24)(H2,20,22,25). The van der Waals surface area contributed by atoms with E-state index in [-0.39, 0.29) is 12.3 Å². The van der Waals surface area contributed by atoms with E-state index in [1.165, 1.54) is 19.3 Å². The van der Waals surface area contributed by atoms with Crippen LogP contribution in [0.25, 0.3) is 11.0 Å². The molecule has 0 bridgehead atoms. The number of amides is 1. The highest BCUT2D eigenvalue weighted by molar-refractivity contribution is 7.80. The van der Waals surface area contributed by atoms with E-state index in [2.05, 4.69) is 28.1 Å². The molecule has 0 radical (unpaired) electrons. The third-order valence-corrected chi connectivity index (χ3v) is 5.16. The number of hydrogen-bond acceptors (Lipinski definition) is 3. The number of aromatic nitrogens is 2. The molecule has 134 valence electrons. The van der Waals surface area contributed by atoms with Crippen molar-refractivity contribution in [2.24, 2.45) is 13.0 Å². The number of carbonyl (C=O) groups excluding carboxylic acids is 1. The van der Waals surface area contributed by atoms with E-state index >= 15 is 0 Å². The van der Waals surface area contributed by atoms with Crippen molar-refractivity contribution in [1.29, 1.82) is 0 Å². The maximum absolute atomic E-state index is 12.2. The molecule has 1 aliphatic rings. The third-order valence-electron chi connectivity index (χ3n) is 4.94. The van der Waals surface area contributed by atoms with Crippen LogP contribution in [0.15, 0.2) is 24.3 Å². The first-order valence-electron chi connectivity index (χ1n) is 8.80. The number of hydrazine groups is 1. The fourth-order valence-corrected chi connectivity index (χ4v) is 3.61. The first kappa shape index (κ1) is 17.7. The van der Waals surface area contributed by atoms with Gasteiger partial charge in [-0.25, -0.2) is 4.98 Å². The Bertz CT molecular complexity index is 772. The number of nitrogens with one attached hydrogen (secondary N) is 3. The summed E-state index contributed by atoms with van der Waals surface area (Å²) in [4.78, 5) is 16.7. The summed E-state index contributed by atoms with van der Waals surface area (Å²) in [6.45, 7) is 2.24. The highest BCUT2D eigenvalue weighted by atomic mass is 32.1. The number of imidazole rings is 1. The van der Waals surface area contributed by atoms with Crippen LogP contribution < -0.4 is 16.2 Å². The van der Waals surface area contributed by atoms with Crippen LogP contribution in [0.2, 0.25) is 0 Å². The lowest BCUT2D eigenvalue weighted by Crippen LogP contribution is -2.52. The van der Waals surface area contributed by atoms with Gasteiger partial charge in [0.05, 0.1) is 17.5 Å². The Kier molecular flexibility index (Phi) is 5.53. The van der Waals surface area contributed by atoms with E-state index < -0.39 is 0 Å². The number of nitrogens with zero attached hydrogens (tertiary/aromatic N) is 2. The van der Waals surface area contributed by atoms with E-state index in [1.807, 2.05) is 35.9 Å². The summed E-state index contributed by atoms with van der Waals surface area (Å²) in [7, 11) is 1.92. The fraction of sp³-hybridized carbons (Fsp3) is 0.500. The molecule has 0 aliphatic heterocycles. The molecule has 6 nitrogen and oxygen atoms in total. The van der Waals surface area contributed by atoms with Crippen LogP contribution in [0, 0.1) is 5.92 Å². The molecule has 1 amide bonds. The van der Waals surface area contributed by atoms with E-state index in [9.17, 15) is 4.79 Å². The smallest absolute Gasteiger partial charge is 0.245 e. The van der Waals surface area contributed by atoms with Crippen molar-refractivity contribution in [3.63, 3.8) is 0 Å². The van der Waals surface area contributed by atoms with Crippen molar-refractivity contribution in [2.45, 2.75) is 45.1 Å². The van der Waals surface area contributed by atoms with Gasteiger partial charge in [0.1, 0.15) is 5.82 Å². The lowest BCUT2D eigenvalue weighted by molar-refractivity contribution is -0.121. The summed E-state index contributed by atoms with van der Waals surface area (Å²) in [5, 5.41) is 3.78. The van der Waals surface area contributed by atoms with E-state index in [4.69, 9.17) is 12.2 Å².